The van der Waals surface area contributed by atoms with Crippen LogP contribution in [0.2, 0.25) is 0 Å². The van der Waals surface area contributed by atoms with E-state index in [-0.39, 0.29) is 5.92 Å². The third kappa shape index (κ3) is 6.18. The quantitative estimate of drug-likeness (QED) is 0.703. The van der Waals surface area contributed by atoms with Crippen molar-refractivity contribution >= 4 is 0 Å². The highest BCUT2D eigenvalue weighted by Gasteiger charge is 2.09. The summed E-state index contributed by atoms with van der Waals surface area (Å²) >= 11 is 0. The van der Waals surface area contributed by atoms with Crippen LogP contribution in [0.1, 0.15) is 38.2 Å². The first-order valence-electron chi connectivity index (χ1n) is 7.50. The maximum atomic E-state index is 9.22. The van der Waals surface area contributed by atoms with Crippen LogP contribution in [-0.2, 0) is 0 Å². The predicted octanol–water partition coefficient (Wildman–Crippen LogP) is 3.00. The third-order valence-electron chi connectivity index (χ3n) is 3.70. The van der Waals surface area contributed by atoms with Crippen molar-refractivity contribution in [2.24, 2.45) is 0 Å². The Bertz CT molecular complexity index is 394. The van der Waals surface area contributed by atoms with Gasteiger partial charge in [-0.3, -0.25) is 0 Å². The molecule has 0 heterocycles. The van der Waals surface area contributed by atoms with Gasteiger partial charge < -0.3 is 10.2 Å². The fraction of sp³-hybridized carbons (Fsp3) is 0.588. The zero-order valence-corrected chi connectivity index (χ0v) is 13.0. The van der Waals surface area contributed by atoms with E-state index in [2.05, 4.69) is 37.2 Å². The SMILES string of the molecule is CC(C)N(C)CCCCNCC(C#N)c1ccccc1. The van der Waals surface area contributed by atoms with Crippen LogP contribution in [0.15, 0.2) is 30.3 Å². The molecule has 0 aliphatic rings. The number of hydrogen-bond donors (Lipinski definition) is 1. The van der Waals surface area contributed by atoms with Crippen molar-refractivity contribution in [1.29, 1.82) is 5.26 Å². The molecule has 0 amide bonds. The van der Waals surface area contributed by atoms with E-state index in [0.29, 0.717) is 6.04 Å². The van der Waals surface area contributed by atoms with Gasteiger partial charge in [0.05, 0.1) is 12.0 Å². The summed E-state index contributed by atoms with van der Waals surface area (Å²) in [5.74, 6) is -0.0467. The van der Waals surface area contributed by atoms with Crippen LogP contribution in [-0.4, -0.2) is 37.6 Å². The van der Waals surface area contributed by atoms with E-state index < -0.39 is 0 Å². The van der Waals surface area contributed by atoms with Crippen LogP contribution in [0.3, 0.4) is 0 Å². The Hall–Kier alpha value is -1.37. The number of hydrogen-bond acceptors (Lipinski definition) is 3. The van der Waals surface area contributed by atoms with E-state index >= 15 is 0 Å². The number of nitrogens with one attached hydrogen (secondary N) is 1. The molecule has 1 aromatic rings. The van der Waals surface area contributed by atoms with Crippen LogP contribution >= 0.6 is 0 Å². The van der Waals surface area contributed by atoms with Gasteiger partial charge in [-0.1, -0.05) is 30.3 Å². The molecule has 0 aromatic heterocycles. The summed E-state index contributed by atoms with van der Waals surface area (Å²) < 4.78 is 0. The van der Waals surface area contributed by atoms with Gasteiger partial charge in [0.2, 0.25) is 0 Å². The topological polar surface area (TPSA) is 39.1 Å². The minimum atomic E-state index is -0.0467. The first-order chi connectivity index (χ1) is 9.65. The van der Waals surface area contributed by atoms with Crippen molar-refractivity contribution in [1.82, 2.24) is 10.2 Å². The molecule has 1 atom stereocenters. The molecule has 0 radical (unpaired) electrons. The first kappa shape index (κ1) is 16.7. The van der Waals surface area contributed by atoms with Crippen molar-refractivity contribution in [2.45, 2.75) is 38.6 Å². The molecule has 1 rings (SSSR count). The lowest BCUT2D eigenvalue weighted by atomic mass is 10.0. The molecule has 20 heavy (non-hydrogen) atoms. The van der Waals surface area contributed by atoms with E-state index in [4.69, 9.17) is 0 Å². The zero-order valence-electron chi connectivity index (χ0n) is 13.0. The highest BCUT2D eigenvalue weighted by Crippen LogP contribution is 2.13. The first-order valence-corrected chi connectivity index (χ1v) is 7.50. The lowest BCUT2D eigenvalue weighted by Crippen LogP contribution is -2.28. The molecule has 1 unspecified atom stereocenters. The fourth-order valence-corrected chi connectivity index (χ4v) is 2.04. The van der Waals surface area contributed by atoms with Crippen molar-refractivity contribution in [3.8, 4) is 6.07 Å². The van der Waals surface area contributed by atoms with Gasteiger partial charge in [-0.15, -0.1) is 0 Å². The molecule has 0 bridgehead atoms. The number of benzene rings is 1. The highest BCUT2D eigenvalue weighted by molar-refractivity contribution is 5.24. The summed E-state index contributed by atoms with van der Waals surface area (Å²) in [6.07, 6.45) is 2.36. The Morgan fingerprint density at radius 2 is 1.90 bits per heavy atom. The fourth-order valence-electron chi connectivity index (χ4n) is 2.04. The Morgan fingerprint density at radius 1 is 1.20 bits per heavy atom. The number of unbranched alkanes of at least 4 members (excludes halogenated alkanes) is 1. The molecule has 110 valence electrons. The van der Waals surface area contributed by atoms with Crippen molar-refractivity contribution in [2.75, 3.05) is 26.7 Å². The van der Waals surface area contributed by atoms with Crippen LogP contribution in [0.5, 0.6) is 0 Å². The van der Waals surface area contributed by atoms with Gasteiger partial charge in [0.1, 0.15) is 0 Å². The second-order valence-electron chi connectivity index (χ2n) is 5.58. The minimum absolute atomic E-state index is 0.0467. The molecule has 1 aromatic carbocycles. The van der Waals surface area contributed by atoms with Gasteiger partial charge in [-0.2, -0.15) is 5.26 Å². The van der Waals surface area contributed by atoms with E-state index in [1.807, 2.05) is 30.3 Å². The van der Waals surface area contributed by atoms with Crippen molar-refractivity contribution in [3.63, 3.8) is 0 Å². The molecule has 3 heteroatoms. The normalized spacial score (nSPS) is 12.6. The van der Waals surface area contributed by atoms with Gasteiger partial charge in [-0.05, 0) is 52.4 Å². The second-order valence-corrected chi connectivity index (χ2v) is 5.58. The van der Waals surface area contributed by atoms with Crippen molar-refractivity contribution in [3.05, 3.63) is 35.9 Å². The predicted molar refractivity (Wildman–Crippen MR) is 84.7 cm³/mol. The average Bonchev–Trinajstić information content (AvgIpc) is 2.47. The van der Waals surface area contributed by atoms with Gasteiger partial charge in [0, 0.05) is 12.6 Å². The zero-order chi connectivity index (χ0) is 14.8. The number of nitrogens with zero attached hydrogens (tertiary/aromatic N) is 2. The van der Waals surface area contributed by atoms with Crippen LogP contribution in [0.4, 0.5) is 0 Å². The number of rotatable bonds is 9. The maximum Gasteiger partial charge on any atom is 0.0837 e. The Morgan fingerprint density at radius 3 is 2.50 bits per heavy atom. The van der Waals surface area contributed by atoms with E-state index in [9.17, 15) is 5.26 Å². The summed E-state index contributed by atoms with van der Waals surface area (Å²) in [6, 6.07) is 13.0. The second kappa shape index (κ2) is 9.52. The summed E-state index contributed by atoms with van der Waals surface area (Å²) in [5, 5.41) is 12.6. The lowest BCUT2D eigenvalue weighted by Gasteiger charge is -2.20. The summed E-state index contributed by atoms with van der Waals surface area (Å²) in [6.45, 7) is 7.29. The molecule has 0 aliphatic heterocycles. The van der Waals surface area contributed by atoms with Crippen LogP contribution in [0.25, 0.3) is 0 Å². The molecule has 0 aliphatic carbocycles. The molecule has 0 fully saturated rings. The summed E-state index contributed by atoms with van der Waals surface area (Å²) in [4.78, 5) is 2.36. The van der Waals surface area contributed by atoms with E-state index in [0.717, 1.165) is 31.6 Å². The molecule has 0 spiro atoms. The minimum Gasteiger partial charge on any atom is -0.315 e. The molecule has 1 N–H and O–H groups in total. The molecule has 0 saturated carbocycles. The van der Waals surface area contributed by atoms with Gasteiger partial charge >= 0.3 is 0 Å². The Labute approximate surface area is 123 Å². The molecule has 0 saturated heterocycles. The molecular weight excluding hydrogens is 246 g/mol. The summed E-state index contributed by atoms with van der Waals surface area (Å²) in [7, 11) is 2.17. The van der Waals surface area contributed by atoms with Crippen LogP contribution < -0.4 is 5.32 Å². The van der Waals surface area contributed by atoms with E-state index in [1.165, 1.54) is 6.42 Å². The Balaban J connectivity index is 2.16. The summed E-state index contributed by atoms with van der Waals surface area (Å²) in [5.41, 5.74) is 1.10. The smallest absolute Gasteiger partial charge is 0.0837 e. The third-order valence-corrected chi connectivity index (χ3v) is 3.70. The average molecular weight is 273 g/mol. The monoisotopic (exact) mass is 273 g/mol. The highest BCUT2D eigenvalue weighted by atomic mass is 15.1. The lowest BCUT2D eigenvalue weighted by molar-refractivity contribution is 0.268. The standard InChI is InChI=1S/C17H27N3/c1-15(2)20(3)12-8-7-11-19-14-17(13-18)16-9-5-4-6-10-16/h4-6,9-10,15,17,19H,7-8,11-12,14H2,1-3H3. The molecular formula is C17H27N3. The van der Waals surface area contributed by atoms with Gasteiger partial charge in [0.25, 0.3) is 0 Å². The largest absolute Gasteiger partial charge is 0.315 e. The van der Waals surface area contributed by atoms with Crippen molar-refractivity contribution < 1.29 is 0 Å². The van der Waals surface area contributed by atoms with Gasteiger partial charge in [-0.25, -0.2) is 0 Å². The van der Waals surface area contributed by atoms with Crippen LogP contribution in [0, 0.1) is 11.3 Å². The van der Waals surface area contributed by atoms with Gasteiger partial charge in [0.15, 0.2) is 0 Å². The molecule has 3 nitrogen and oxygen atoms in total. The Kier molecular flexibility index (Phi) is 7.94. The maximum absolute atomic E-state index is 9.22. The van der Waals surface area contributed by atoms with E-state index in [1.54, 1.807) is 0 Å². The number of nitriles is 1.